The molecule has 2 saturated carbocycles. The van der Waals surface area contributed by atoms with E-state index in [9.17, 15) is 15.0 Å². The van der Waals surface area contributed by atoms with E-state index >= 15 is 0 Å². The lowest BCUT2D eigenvalue weighted by Crippen LogP contribution is -2.32. The number of nitrogens with one attached hydrogen (secondary N) is 1. The normalized spacial score (nSPS) is 29.9. The minimum atomic E-state index is -0.479. The maximum absolute atomic E-state index is 12.7. The van der Waals surface area contributed by atoms with Crippen LogP contribution in [0.2, 0.25) is 0 Å². The summed E-state index contributed by atoms with van der Waals surface area (Å²) in [5, 5.41) is 28.1. The van der Waals surface area contributed by atoms with Gasteiger partial charge in [-0.1, -0.05) is 33.8 Å². The van der Waals surface area contributed by atoms with E-state index in [1.165, 1.54) is 0 Å². The summed E-state index contributed by atoms with van der Waals surface area (Å²) in [7, 11) is 0. The first-order valence-electron chi connectivity index (χ1n) is 10.3. The molecule has 2 aliphatic carbocycles. The average molecular weight is 364 g/mol. The lowest BCUT2D eigenvalue weighted by Gasteiger charge is -2.31. The van der Waals surface area contributed by atoms with E-state index in [1.807, 2.05) is 6.08 Å². The van der Waals surface area contributed by atoms with E-state index in [-0.39, 0.29) is 17.1 Å². The molecule has 0 aromatic rings. The molecule has 0 aliphatic heterocycles. The Balaban J connectivity index is 1.81. The smallest absolute Gasteiger partial charge is 0.179 e. The zero-order chi connectivity index (χ0) is 19.5. The van der Waals surface area contributed by atoms with Crippen LogP contribution in [0.5, 0.6) is 0 Å². The summed E-state index contributed by atoms with van der Waals surface area (Å²) in [6.07, 6.45) is 7.54. The lowest BCUT2D eigenvalue weighted by atomic mass is 9.73. The van der Waals surface area contributed by atoms with Gasteiger partial charge in [0.15, 0.2) is 5.78 Å². The fourth-order valence-corrected chi connectivity index (χ4v) is 4.10. The Bertz CT molecular complexity index is 530. The van der Waals surface area contributed by atoms with Gasteiger partial charge in [0.1, 0.15) is 0 Å². The standard InChI is InChI=1S/C22H37NO3/c1-14(2)22(3,4)13-18(23)21(26)16-8-5-15(6-9-16)7-10-17-19(24)11-12-20(17)25/h10,14-16,19-20,23-25H,5-9,11-13H2,1-4H3/t15-,16+,19?,20?. The molecule has 2 atom stereocenters. The molecule has 0 amide bonds. The van der Waals surface area contributed by atoms with Gasteiger partial charge in [-0.2, -0.15) is 0 Å². The van der Waals surface area contributed by atoms with Crippen molar-refractivity contribution in [3.8, 4) is 0 Å². The molecule has 148 valence electrons. The van der Waals surface area contributed by atoms with Crippen molar-refractivity contribution in [3.63, 3.8) is 0 Å². The topological polar surface area (TPSA) is 81.4 Å². The van der Waals surface area contributed by atoms with E-state index in [1.54, 1.807) is 0 Å². The van der Waals surface area contributed by atoms with Crippen molar-refractivity contribution in [1.29, 1.82) is 5.41 Å². The van der Waals surface area contributed by atoms with Crippen molar-refractivity contribution in [2.75, 3.05) is 0 Å². The van der Waals surface area contributed by atoms with Gasteiger partial charge in [0.05, 0.1) is 17.9 Å². The second-order valence-electron chi connectivity index (χ2n) is 9.43. The molecule has 0 bridgehead atoms. The number of aliphatic hydroxyl groups excluding tert-OH is 2. The monoisotopic (exact) mass is 363 g/mol. The third-order valence-electron chi connectivity index (χ3n) is 6.88. The third-order valence-corrected chi connectivity index (χ3v) is 6.88. The number of aliphatic hydroxyl groups is 2. The van der Waals surface area contributed by atoms with Gasteiger partial charge >= 0.3 is 0 Å². The molecule has 0 radical (unpaired) electrons. The minimum absolute atomic E-state index is 0.0111. The maximum atomic E-state index is 12.7. The predicted octanol–water partition coefficient (Wildman–Crippen LogP) is 4.29. The van der Waals surface area contributed by atoms with Gasteiger partial charge < -0.3 is 15.6 Å². The molecule has 2 rings (SSSR count). The van der Waals surface area contributed by atoms with Gasteiger partial charge in [-0.25, -0.2) is 0 Å². The van der Waals surface area contributed by atoms with Crippen molar-refractivity contribution >= 4 is 11.5 Å². The van der Waals surface area contributed by atoms with Gasteiger partial charge in [0, 0.05) is 5.92 Å². The second-order valence-corrected chi connectivity index (χ2v) is 9.43. The van der Waals surface area contributed by atoms with Crippen molar-refractivity contribution in [1.82, 2.24) is 0 Å². The highest BCUT2D eigenvalue weighted by Crippen LogP contribution is 2.35. The Morgan fingerprint density at radius 2 is 1.65 bits per heavy atom. The van der Waals surface area contributed by atoms with Crippen LogP contribution in [0, 0.1) is 28.6 Å². The van der Waals surface area contributed by atoms with Gasteiger partial charge in [0.25, 0.3) is 0 Å². The molecule has 0 spiro atoms. The minimum Gasteiger partial charge on any atom is -0.389 e. The lowest BCUT2D eigenvalue weighted by molar-refractivity contribution is -0.117. The number of Topliss-reactive ketones (excluding diaryl/α,β-unsaturated/α-hetero) is 1. The molecular weight excluding hydrogens is 326 g/mol. The van der Waals surface area contributed by atoms with E-state index in [0.29, 0.717) is 36.8 Å². The van der Waals surface area contributed by atoms with Gasteiger partial charge in [-0.3, -0.25) is 4.79 Å². The molecule has 0 aromatic carbocycles. The van der Waals surface area contributed by atoms with E-state index in [0.717, 1.165) is 37.7 Å². The Kier molecular flexibility index (Phi) is 7.20. The van der Waals surface area contributed by atoms with Gasteiger partial charge in [-0.05, 0) is 74.2 Å². The zero-order valence-electron chi connectivity index (χ0n) is 16.9. The molecule has 3 N–H and O–H groups in total. The van der Waals surface area contributed by atoms with Crippen LogP contribution in [0.1, 0.15) is 79.1 Å². The summed E-state index contributed by atoms with van der Waals surface area (Å²) in [6, 6.07) is 0. The van der Waals surface area contributed by atoms with Crippen LogP contribution >= 0.6 is 0 Å². The largest absolute Gasteiger partial charge is 0.389 e. The summed E-state index contributed by atoms with van der Waals surface area (Å²) in [6.45, 7) is 8.57. The highest BCUT2D eigenvalue weighted by Gasteiger charge is 2.32. The molecule has 0 heterocycles. The number of rotatable bonds is 7. The molecule has 2 unspecified atom stereocenters. The Labute approximate surface area is 158 Å². The van der Waals surface area contributed by atoms with Crippen LogP contribution in [0.3, 0.4) is 0 Å². The van der Waals surface area contributed by atoms with Crippen LogP contribution in [-0.2, 0) is 4.79 Å². The molecular formula is C22H37NO3. The highest BCUT2D eigenvalue weighted by atomic mass is 16.3. The fraction of sp³-hybridized carbons (Fsp3) is 0.818. The summed E-state index contributed by atoms with van der Waals surface area (Å²) >= 11 is 0. The number of hydrogen-bond acceptors (Lipinski definition) is 4. The highest BCUT2D eigenvalue weighted by molar-refractivity contribution is 6.39. The van der Waals surface area contributed by atoms with Crippen LogP contribution in [0.15, 0.2) is 11.6 Å². The van der Waals surface area contributed by atoms with E-state index < -0.39 is 12.2 Å². The molecule has 0 aromatic heterocycles. The first-order chi connectivity index (χ1) is 12.1. The zero-order valence-corrected chi connectivity index (χ0v) is 16.9. The number of carbonyl (C=O) groups excluding carboxylic acids is 1. The van der Waals surface area contributed by atoms with Gasteiger partial charge in [-0.15, -0.1) is 0 Å². The van der Waals surface area contributed by atoms with Crippen LogP contribution < -0.4 is 0 Å². The molecule has 4 nitrogen and oxygen atoms in total. The first kappa shape index (κ1) is 21.3. The van der Waals surface area contributed by atoms with Crippen molar-refractivity contribution in [3.05, 3.63) is 11.6 Å². The maximum Gasteiger partial charge on any atom is 0.179 e. The predicted molar refractivity (Wildman–Crippen MR) is 105 cm³/mol. The van der Waals surface area contributed by atoms with Crippen molar-refractivity contribution in [2.24, 2.45) is 23.2 Å². The SMILES string of the molecule is CC(C)C(C)(C)CC(=N)C(=O)[C@H]1CC[C@@H](CC=C2C(O)CCC2O)CC1. The summed E-state index contributed by atoms with van der Waals surface area (Å²) < 4.78 is 0. The number of carbonyl (C=O) groups is 1. The van der Waals surface area contributed by atoms with Crippen LogP contribution in [0.4, 0.5) is 0 Å². The Morgan fingerprint density at radius 3 is 2.15 bits per heavy atom. The van der Waals surface area contributed by atoms with Crippen molar-refractivity contribution in [2.45, 2.75) is 91.3 Å². The van der Waals surface area contributed by atoms with Crippen LogP contribution in [-0.4, -0.2) is 33.9 Å². The number of ketones is 1. The number of allylic oxidation sites excluding steroid dienone is 1. The summed E-state index contributed by atoms with van der Waals surface area (Å²) in [5.41, 5.74) is 1.08. The third kappa shape index (κ3) is 5.26. The Hall–Kier alpha value is -1.00. The molecule has 2 aliphatic rings. The summed E-state index contributed by atoms with van der Waals surface area (Å²) in [5.74, 6) is 1.03. The quantitative estimate of drug-likeness (QED) is 0.466. The molecule has 0 saturated heterocycles. The second kappa shape index (κ2) is 8.79. The molecule has 4 heteroatoms. The first-order valence-corrected chi connectivity index (χ1v) is 10.3. The summed E-state index contributed by atoms with van der Waals surface area (Å²) in [4.78, 5) is 12.7. The van der Waals surface area contributed by atoms with E-state index in [4.69, 9.17) is 5.41 Å². The van der Waals surface area contributed by atoms with Crippen molar-refractivity contribution < 1.29 is 15.0 Å². The Morgan fingerprint density at radius 1 is 1.12 bits per heavy atom. The fourth-order valence-electron chi connectivity index (χ4n) is 4.10. The molecule has 2 fully saturated rings. The average Bonchev–Trinajstić information content (AvgIpc) is 2.90. The van der Waals surface area contributed by atoms with E-state index in [2.05, 4.69) is 27.7 Å². The van der Waals surface area contributed by atoms with Gasteiger partial charge in [0.2, 0.25) is 0 Å². The number of hydrogen-bond donors (Lipinski definition) is 3. The molecule has 26 heavy (non-hydrogen) atoms. The van der Waals surface area contributed by atoms with Crippen LogP contribution in [0.25, 0.3) is 0 Å².